The molecule has 12 rings (SSSR count). The summed E-state index contributed by atoms with van der Waals surface area (Å²) in [6.45, 7) is 6.94. The second-order valence-corrected chi connectivity index (χ2v) is 17.8. The van der Waals surface area contributed by atoms with Gasteiger partial charge in [-0.3, -0.25) is 0 Å². The van der Waals surface area contributed by atoms with E-state index in [0.717, 1.165) is 22.7 Å². The molecule has 0 radical (unpaired) electrons. The summed E-state index contributed by atoms with van der Waals surface area (Å²) in [7, 11) is 0. The average molecular weight is 819 g/mol. The molecular formula is C62H46N2. The summed E-state index contributed by atoms with van der Waals surface area (Å²) < 4.78 is 2.39. The Morgan fingerprint density at radius 2 is 0.906 bits per heavy atom. The highest BCUT2D eigenvalue weighted by Gasteiger charge is 2.35. The largest absolute Gasteiger partial charge is 0.310 e. The Balaban J connectivity index is 0.925. The molecule has 304 valence electrons. The molecule has 11 aromatic rings. The predicted molar refractivity (Wildman–Crippen MR) is 272 cm³/mol. The van der Waals surface area contributed by atoms with Crippen LogP contribution < -0.4 is 4.90 Å². The third-order valence-electron chi connectivity index (χ3n) is 13.7. The molecule has 1 aliphatic rings. The van der Waals surface area contributed by atoms with Crippen LogP contribution in [0.4, 0.5) is 17.1 Å². The lowest BCUT2D eigenvalue weighted by Crippen LogP contribution is -2.14. The van der Waals surface area contributed by atoms with Crippen molar-refractivity contribution in [1.82, 2.24) is 4.57 Å². The molecule has 0 bridgehead atoms. The molecule has 1 aromatic heterocycles. The molecular weight excluding hydrogens is 773 g/mol. The zero-order chi connectivity index (χ0) is 42.9. The first-order chi connectivity index (χ1) is 31.4. The maximum absolute atomic E-state index is 2.41. The van der Waals surface area contributed by atoms with E-state index in [2.05, 4.69) is 255 Å². The van der Waals surface area contributed by atoms with Gasteiger partial charge in [-0.2, -0.15) is 0 Å². The van der Waals surface area contributed by atoms with Crippen molar-refractivity contribution >= 4 is 49.6 Å². The molecule has 1 aliphatic carbocycles. The highest BCUT2D eigenvalue weighted by Crippen LogP contribution is 2.50. The number of benzene rings is 10. The third kappa shape index (κ3) is 6.17. The highest BCUT2D eigenvalue weighted by atomic mass is 15.1. The quantitative estimate of drug-likeness (QED) is 0.156. The van der Waals surface area contributed by atoms with Gasteiger partial charge in [0.2, 0.25) is 0 Å². The van der Waals surface area contributed by atoms with Crippen molar-refractivity contribution in [1.29, 1.82) is 0 Å². The Labute approximate surface area is 375 Å². The van der Waals surface area contributed by atoms with Crippen LogP contribution in [0.1, 0.15) is 30.5 Å². The smallest absolute Gasteiger partial charge is 0.0541 e. The first-order valence-electron chi connectivity index (χ1n) is 22.3. The van der Waals surface area contributed by atoms with Gasteiger partial charge in [-0.1, -0.05) is 166 Å². The summed E-state index contributed by atoms with van der Waals surface area (Å²) >= 11 is 0. The van der Waals surface area contributed by atoms with E-state index < -0.39 is 0 Å². The van der Waals surface area contributed by atoms with Crippen LogP contribution in [0.3, 0.4) is 0 Å². The minimum absolute atomic E-state index is 0.0479. The first kappa shape index (κ1) is 37.8. The summed E-state index contributed by atoms with van der Waals surface area (Å²) in [5.41, 5.74) is 20.8. The third-order valence-corrected chi connectivity index (χ3v) is 13.7. The maximum Gasteiger partial charge on any atom is 0.0541 e. The van der Waals surface area contributed by atoms with Gasteiger partial charge in [0.15, 0.2) is 0 Å². The predicted octanol–water partition coefficient (Wildman–Crippen LogP) is 17.0. The van der Waals surface area contributed by atoms with E-state index in [9.17, 15) is 0 Å². The van der Waals surface area contributed by atoms with Crippen molar-refractivity contribution in [3.05, 3.63) is 241 Å². The summed E-state index contributed by atoms with van der Waals surface area (Å²) in [4.78, 5) is 2.41. The SMILES string of the molecule is Cc1cc(-c2cccc(-n3c4ccccc4c4ccccc43)c2)ccc1N(c1ccc(-c2ccc3c(c2)C(C)(C)c2ccccc2-3)cc1)c1ccc(-c2ccc3ccccc3c2)cc1. The van der Waals surface area contributed by atoms with Crippen molar-refractivity contribution in [3.63, 3.8) is 0 Å². The number of hydrogen-bond donors (Lipinski definition) is 0. The maximum atomic E-state index is 2.41. The number of hydrogen-bond acceptors (Lipinski definition) is 1. The number of aromatic nitrogens is 1. The van der Waals surface area contributed by atoms with Crippen molar-refractivity contribution < 1.29 is 0 Å². The molecule has 0 amide bonds. The Hall–Kier alpha value is -7.94. The lowest BCUT2D eigenvalue weighted by molar-refractivity contribution is 0.660. The minimum atomic E-state index is -0.0479. The van der Waals surface area contributed by atoms with E-state index >= 15 is 0 Å². The van der Waals surface area contributed by atoms with Gasteiger partial charge in [-0.05, 0) is 152 Å². The molecule has 64 heavy (non-hydrogen) atoms. The molecule has 2 heteroatoms. The molecule has 2 nitrogen and oxygen atoms in total. The van der Waals surface area contributed by atoms with Crippen molar-refractivity contribution in [2.45, 2.75) is 26.2 Å². The van der Waals surface area contributed by atoms with Crippen LogP contribution in [0.15, 0.2) is 224 Å². The molecule has 0 fully saturated rings. The summed E-state index contributed by atoms with van der Waals surface area (Å²) in [5.74, 6) is 0. The number of aryl methyl sites for hydroxylation is 1. The summed E-state index contributed by atoms with van der Waals surface area (Å²) in [5, 5.41) is 5.04. The number of anilines is 3. The molecule has 0 unspecified atom stereocenters. The fraction of sp³-hybridized carbons (Fsp3) is 0.0645. The number of fused-ring (bicyclic) bond motifs is 7. The molecule has 0 saturated carbocycles. The lowest BCUT2D eigenvalue weighted by atomic mass is 9.81. The minimum Gasteiger partial charge on any atom is -0.310 e. The van der Waals surface area contributed by atoms with Gasteiger partial charge in [-0.25, -0.2) is 0 Å². The van der Waals surface area contributed by atoms with Gasteiger partial charge >= 0.3 is 0 Å². The second kappa shape index (κ2) is 14.9. The van der Waals surface area contributed by atoms with E-state index in [1.54, 1.807) is 0 Å². The number of para-hydroxylation sites is 2. The standard InChI is InChI=1S/C62H46N2/c1-41-37-47(46-15-12-16-52(39-46)64-60-21-10-7-18-55(60)56-19-8-11-22-61(56)64)30-36-59(41)63(50-31-25-43(26-32-50)48-24-23-42-13-4-5-14-45(42)38-48)51-33-27-44(28-34-51)49-29-35-54-53-17-6-9-20-57(53)62(2,3)58(54)40-49/h4-40H,1-3H3. The highest BCUT2D eigenvalue weighted by molar-refractivity contribution is 6.09. The van der Waals surface area contributed by atoms with Gasteiger partial charge in [0, 0.05) is 38.9 Å². The van der Waals surface area contributed by atoms with Crippen molar-refractivity contribution in [2.24, 2.45) is 0 Å². The van der Waals surface area contributed by atoms with Crippen LogP contribution in [-0.2, 0) is 5.41 Å². The Bertz CT molecular complexity index is 3530. The van der Waals surface area contributed by atoms with Crippen LogP contribution >= 0.6 is 0 Å². The molecule has 0 aliphatic heterocycles. The van der Waals surface area contributed by atoms with E-state index in [4.69, 9.17) is 0 Å². The molecule has 0 spiro atoms. The van der Waals surface area contributed by atoms with Crippen molar-refractivity contribution in [3.8, 4) is 50.2 Å². The van der Waals surface area contributed by atoms with E-state index in [0.29, 0.717) is 0 Å². The summed E-state index contributed by atoms with van der Waals surface area (Å²) in [6.07, 6.45) is 0. The topological polar surface area (TPSA) is 8.17 Å². The molecule has 1 heterocycles. The Kier molecular flexibility index (Phi) is 8.77. The van der Waals surface area contributed by atoms with E-state index in [1.165, 1.54) is 93.8 Å². The van der Waals surface area contributed by atoms with E-state index in [-0.39, 0.29) is 5.41 Å². The van der Waals surface area contributed by atoms with E-state index in [1.807, 2.05) is 0 Å². The zero-order valence-corrected chi connectivity index (χ0v) is 36.3. The summed E-state index contributed by atoms with van der Waals surface area (Å²) in [6, 6.07) is 82.7. The van der Waals surface area contributed by atoms with Gasteiger partial charge < -0.3 is 9.47 Å². The second-order valence-electron chi connectivity index (χ2n) is 17.8. The van der Waals surface area contributed by atoms with Gasteiger partial charge in [-0.15, -0.1) is 0 Å². The van der Waals surface area contributed by atoms with Gasteiger partial charge in [0.05, 0.1) is 11.0 Å². The Morgan fingerprint density at radius 3 is 1.61 bits per heavy atom. The molecule has 0 saturated heterocycles. The van der Waals surface area contributed by atoms with Crippen LogP contribution in [0.5, 0.6) is 0 Å². The fourth-order valence-electron chi connectivity index (χ4n) is 10.4. The van der Waals surface area contributed by atoms with Gasteiger partial charge in [0.1, 0.15) is 0 Å². The van der Waals surface area contributed by atoms with Crippen LogP contribution in [0.2, 0.25) is 0 Å². The zero-order valence-electron chi connectivity index (χ0n) is 36.3. The Morgan fingerprint density at radius 1 is 0.375 bits per heavy atom. The average Bonchev–Trinajstić information content (AvgIpc) is 3.80. The number of nitrogens with zero attached hydrogens (tertiary/aromatic N) is 2. The normalized spacial score (nSPS) is 12.7. The monoisotopic (exact) mass is 818 g/mol. The van der Waals surface area contributed by atoms with Crippen LogP contribution in [-0.4, -0.2) is 4.57 Å². The lowest BCUT2D eigenvalue weighted by Gasteiger charge is -2.28. The first-order valence-corrected chi connectivity index (χ1v) is 22.3. The van der Waals surface area contributed by atoms with Gasteiger partial charge in [0.25, 0.3) is 0 Å². The van der Waals surface area contributed by atoms with Crippen molar-refractivity contribution in [2.75, 3.05) is 4.90 Å². The van der Waals surface area contributed by atoms with Crippen LogP contribution in [0.25, 0.3) is 82.8 Å². The fourth-order valence-corrected chi connectivity index (χ4v) is 10.4. The molecule has 10 aromatic carbocycles. The van der Waals surface area contributed by atoms with Crippen LogP contribution in [0, 0.1) is 6.92 Å². The molecule has 0 atom stereocenters. The number of rotatable bonds is 7. The molecule has 0 N–H and O–H groups in total.